The molecule has 0 bridgehead atoms. The van der Waals surface area contributed by atoms with Gasteiger partial charge in [0.2, 0.25) is 15.8 Å². The topological polar surface area (TPSA) is 129 Å². The Morgan fingerprint density at radius 1 is 1.21 bits per heavy atom. The molecule has 0 aliphatic carbocycles. The molecule has 0 saturated carbocycles. The number of halogens is 1. The zero-order valence-electron chi connectivity index (χ0n) is 12.4. The molecule has 0 aliphatic heterocycles. The standard InChI is InChI=1S/C14H13BrN2O6S/c1-8(22-14(19)11-6-7-12(15)23-11)13(18)17-9-2-4-10(5-3-9)24(16,20)21/h2-8H,1H3,(H,17,18)(H2,16,20,21)/t8-/m0/s1. The largest absolute Gasteiger partial charge is 0.447 e. The van der Waals surface area contributed by atoms with Gasteiger partial charge in [-0.1, -0.05) is 0 Å². The summed E-state index contributed by atoms with van der Waals surface area (Å²) in [5.41, 5.74) is 0.330. The average molecular weight is 417 g/mol. The second-order valence-electron chi connectivity index (χ2n) is 4.71. The molecule has 128 valence electrons. The number of carbonyl (C=O) groups excluding carboxylic acids is 2. The van der Waals surface area contributed by atoms with Gasteiger partial charge in [0.1, 0.15) is 0 Å². The molecule has 2 aromatic rings. The third kappa shape index (κ3) is 4.66. The number of ether oxygens (including phenoxy) is 1. The van der Waals surface area contributed by atoms with Crippen molar-refractivity contribution >= 4 is 43.5 Å². The summed E-state index contributed by atoms with van der Waals surface area (Å²) in [6.07, 6.45) is -1.08. The summed E-state index contributed by atoms with van der Waals surface area (Å²) in [5.74, 6) is -1.41. The van der Waals surface area contributed by atoms with Crippen LogP contribution < -0.4 is 10.5 Å². The van der Waals surface area contributed by atoms with Crippen molar-refractivity contribution in [1.29, 1.82) is 0 Å². The molecule has 0 unspecified atom stereocenters. The monoisotopic (exact) mass is 416 g/mol. The smallest absolute Gasteiger partial charge is 0.375 e. The number of nitrogens with one attached hydrogen (secondary N) is 1. The number of carbonyl (C=O) groups is 2. The lowest BCUT2D eigenvalue weighted by Gasteiger charge is -2.12. The number of benzene rings is 1. The van der Waals surface area contributed by atoms with E-state index in [1.165, 1.54) is 43.3 Å². The Morgan fingerprint density at radius 2 is 1.83 bits per heavy atom. The van der Waals surface area contributed by atoms with Crippen LogP contribution in [-0.4, -0.2) is 26.4 Å². The maximum absolute atomic E-state index is 12.0. The van der Waals surface area contributed by atoms with Crippen LogP contribution in [0, 0.1) is 0 Å². The van der Waals surface area contributed by atoms with Crippen LogP contribution in [0.1, 0.15) is 17.5 Å². The first-order valence-corrected chi connectivity index (χ1v) is 8.91. The van der Waals surface area contributed by atoms with Crippen LogP contribution in [0.25, 0.3) is 0 Å². The first-order chi connectivity index (χ1) is 11.2. The molecule has 3 N–H and O–H groups in total. The van der Waals surface area contributed by atoms with Crippen molar-refractivity contribution < 1.29 is 27.2 Å². The van der Waals surface area contributed by atoms with E-state index in [1.54, 1.807) is 0 Å². The second-order valence-corrected chi connectivity index (χ2v) is 7.05. The molecule has 1 aromatic heterocycles. The third-order valence-corrected chi connectivity index (χ3v) is 4.23. The number of rotatable bonds is 5. The fourth-order valence-electron chi connectivity index (χ4n) is 1.67. The van der Waals surface area contributed by atoms with Gasteiger partial charge < -0.3 is 14.5 Å². The Bertz CT molecular complexity index is 860. The van der Waals surface area contributed by atoms with E-state index in [0.717, 1.165) is 0 Å². The number of furan rings is 1. The van der Waals surface area contributed by atoms with Crippen molar-refractivity contribution in [3.8, 4) is 0 Å². The van der Waals surface area contributed by atoms with Gasteiger partial charge in [0.15, 0.2) is 10.8 Å². The van der Waals surface area contributed by atoms with E-state index in [4.69, 9.17) is 14.3 Å². The zero-order chi connectivity index (χ0) is 17.9. The lowest BCUT2D eigenvalue weighted by Crippen LogP contribution is -2.29. The number of sulfonamides is 1. The summed E-state index contributed by atoms with van der Waals surface area (Å²) in [6.45, 7) is 1.39. The molecule has 1 heterocycles. The van der Waals surface area contributed by atoms with Gasteiger partial charge in [-0.05, 0) is 59.3 Å². The van der Waals surface area contributed by atoms with Crippen LogP contribution in [0.4, 0.5) is 5.69 Å². The average Bonchev–Trinajstić information content (AvgIpc) is 2.93. The Balaban J connectivity index is 1.97. The Kier molecular flexibility index (Phi) is 5.42. The van der Waals surface area contributed by atoms with Gasteiger partial charge >= 0.3 is 5.97 Å². The molecule has 1 amide bonds. The van der Waals surface area contributed by atoms with Gasteiger partial charge in [0.25, 0.3) is 5.91 Å². The number of amides is 1. The number of primary sulfonamides is 1. The first-order valence-electron chi connectivity index (χ1n) is 6.57. The van der Waals surface area contributed by atoms with Gasteiger partial charge in [0.05, 0.1) is 4.90 Å². The van der Waals surface area contributed by atoms with Gasteiger partial charge in [-0.25, -0.2) is 18.4 Å². The highest BCUT2D eigenvalue weighted by molar-refractivity contribution is 9.10. The van der Waals surface area contributed by atoms with Crippen LogP contribution in [-0.2, 0) is 19.6 Å². The molecule has 0 aliphatic rings. The van der Waals surface area contributed by atoms with Gasteiger partial charge in [0, 0.05) is 5.69 Å². The summed E-state index contributed by atoms with van der Waals surface area (Å²) >= 11 is 3.05. The van der Waals surface area contributed by atoms with Gasteiger partial charge in [-0.3, -0.25) is 4.79 Å². The van der Waals surface area contributed by atoms with Crippen molar-refractivity contribution in [1.82, 2.24) is 0 Å². The molecule has 2 rings (SSSR count). The second kappa shape index (κ2) is 7.16. The molecule has 1 atom stereocenters. The SMILES string of the molecule is C[C@H](OC(=O)c1ccc(Br)o1)C(=O)Nc1ccc(S(N)(=O)=O)cc1. The summed E-state index contributed by atoms with van der Waals surface area (Å²) in [6, 6.07) is 8.17. The fourth-order valence-corrected chi connectivity index (χ4v) is 2.49. The van der Waals surface area contributed by atoms with E-state index in [1.807, 2.05) is 0 Å². The number of esters is 1. The molecular weight excluding hydrogens is 404 g/mol. The van der Waals surface area contributed by atoms with Crippen LogP contribution in [0.2, 0.25) is 0 Å². The minimum absolute atomic E-state index is 0.0426. The number of hydrogen-bond donors (Lipinski definition) is 2. The molecule has 0 fully saturated rings. The van der Waals surface area contributed by atoms with Crippen molar-refractivity contribution in [3.63, 3.8) is 0 Å². The lowest BCUT2D eigenvalue weighted by atomic mass is 10.3. The van der Waals surface area contributed by atoms with Crippen LogP contribution in [0.15, 0.2) is 50.4 Å². The van der Waals surface area contributed by atoms with E-state index in [9.17, 15) is 18.0 Å². The van der Waals surface area contributed by atoms with Crippen molar-refractivity contribution in [2.24, 2.45) is 5.14 Å². The predicted molar refractivity (Wildman–Crippen MR) is 87.7 cm³/mol. The maximum atomic E-state index is 12.0. The number of anilines is 1. The van der Waals surface area contributed by atoms with Crippen LogP contribution in [0.3, 0.4) is 0 Å². The Labute approximate surface area is 146 Å². The fraction of sp³-hybridized carbons (Fsp3) is 0.143. The molecule has 0 saturated heterocycles. The highest BCUT2D eigenvalue weighted by Gasteiger charge is 2.21. The van der Waals surface area contributed by atoms with Crippen LogP contribution >= 0.6 is 15.9 Å². The molecule has 1 aromatic carbocycles. The lowest BCUT2D eigenvalue weighted by molar-refractivity contribution is -0.123. The normalized spacial score (nSPS) is 12.5. The predicted octanol–water partition coefficient (Wildman–Crippen LogP) is 1.87. The molecule has 24 heavy (non-hydrogen) atoms. The number of nitrogens with two attached hydrogens (primary N) is 1. The third-order valence-electron chi connectivity index (χ3n) is 2.88. The van der Waals surface area contributed by atoms with Crippen molar-refractivity contribution in [3.05, 3.63) is 46.8 Å². The minimum atomic E-state index is -3.81. The summed E-state index contributed by atoms with van der Waals surface area (Å²) < 4.78 is 32.7. The summed E-state index contributed by atoms with van der Waals surface area (Å²) in [7, 11) is -3.81. The van der Waals surface area contributed by atoms with E-state index < -0.39 is 28.0 Å². The van der Waals surface area contributed by atoms with E-state index >= 15 is 0 Å². The van der Waals surface area contributed by atoms with Gasteiger partial charge in [-0.15, -0.1) is 0 Å². The quantitative estimate of drug-likeness (QED) is 0.715. The van der Waals surface area contributed by atoms with E-state index in [0.29, 0.717) is 10.4 Å². The zero-order valence-corrected chi connectivity index (χ0v) is 14.8. The molecule has 0 spiro atoms. The first kappa shape index (κ1) is 18.2. The molecule has 0 radical (unpaired) electrons. The van der Waals surface area contributed by atoms with Crippen molar-refractivity contribution in [2.45, 2.75) is 17.9 Å². The molecule has 10 heteroatoms. The highest BCUT2D eigenvalue weighted by atomic mass is 79.9. The van der Waals surface area contributed by atoms with E-state index in [2.05, 4.69) is 21.2 Å². The minimum Gasteiger partial charge on any atom is -0.447 e. The van der Waals surface area contributed by atoms with Gasteiger partial charge in [-0.2, -0.15) is 0 Å². The van der Waals surface area contributed by atoms with E-state index in [-0.39, 0.29) is 10.7 Å². The summed E-state index contributed by atoms with van der Waals surface area (Å²) in [4.78, 5) is 23.7. The summed E-state index contributed by atoms with van der Waals surface area (Å²) in [5, 5.41) is 7.47. The molecule has 8 nitrogen and oxygen atoms in total. The number of hydrogen-bond acceptors (Lipinski definition) is 6. The highest BCUT2D eigenvalue weighted by Crippen LogP contribution is 2.16. The maximum Gasteiger partial charge on any atom is 0.375 e. The van der Waals surface area contributed by atoms with Crippen LogP contribution in [0.5, 0.6) is 0 Å². The van der Waals surface area contributed by atoms with Crippen molar-refractivity contribution in [2.75, 3.05) is 5.32 Å². The Morgan fingerprint density at radius 3 is 2.33 bits per heavy atom. The Hall–Kier alpha value is -2.17. The molecular formula is C14H13BrN2O6S.